The van der Waals surface area contributed by atoms with Crippen molar-refractivity contribution in [2.75, 3.05) is 26.2 Å². The first-order chi connectivity index (χ1) is 12.6. The van der Waals surface area contributed by atoms with E-state index in [2.05, 4.69) is 9.80 Å². The van der Waals surface area contributed by atoms with Crippen molar-refractivity contribution in [2.45, 2.75) is 13.0 Å². The molecule has 2 aromatic carbocycles. The third-order valence-corrected chi connectivity index (χ3v) is 5.01. The van der Waals surface area contributed by atoms with Gasteiger partial charge in [0.2, 0.25) is 5.91 Å². The number of nitrogens with two attached hydrogens (primary N) is 1. The van der Waals surface area contributed by atoms with Gasteiger partial charge >= 0.3 is 0 Å². The molecule has 0 bridgehead atoms. The summed E-state index contributed by atoms with van der Waals surface area (Å²) in [6, 6.07) is 15.5. The lowest BCUT2D eigenvalue weighted by Crippen LogP contribution is -2.54. The molecule has 6 heteroatoms. The van der Waals surface area contributed by atoms with E-state index in [4.69, 9.17) is 15.5 Å². The molecule has 134 valence electrons. The number of amides is 1. The van der Waals surface area contributed by atoms with Crippen LogP contribution in [0.25, 0.3) is 0 Å². The number of primary amides is 1. The van der Waals surface area contributed by atoms with Gasteiger partial charge in [-0.1, -0.05) is 24.3 Å². The fourth-order valence-electron chi connectivity index (χ4n) is 3.41. The molecule has 0 saturated carbocycles. The van der Waals surface area contributed by atoms with Gasteiger partial charge in [0.05, 0.1) is 11.6 Å². The SMILES string of the molecule is CC(C(N)=O)N1CCN(C2=Nc3ccccc3Oc3ccccc32)CC1. The maximum Gasteiger partial charge on any atom is 0.234 e. The number of ether oxygens (including phenoxy) is 1. The molecule has 2 heterocycles. The van der Waals surface area contributed by atoms with E-state index in [-0.39, 0.29) is 11.9 Å². The molecule has 2 N–H and O–H groups in total. The normalized spacial score (nSPS) is 18.0. The van der Waals surface area contributed by atoms with Crippen molar-refractivity contribution >= 4 is 17.4 Å². The lowest BCUT2D eigenvalue weighted by atomic mass is 10.1. The molecule has 1 atom stereocenters. The number of aliphatic imine (C=N–C) groups is 1. The second-order valence-corrected chi connectivity index (χ2v) is 6.60. The zero-order chi connectivity index (χ0) is 18.1. The van der Waals surface area contributed by atoms with Crippen LogP contribution in [0.15, 0.2) is 53.5 Å². The van der Waals surface area contributed by atoms with Gasteiger partial charge in [0, 0.05) is 26.2 Å². The highest BCUT2D eigenvalue weighted by molar-refractivity contribution is 6.03. The van der Waals surface area contributed by atoms with Gasteiger partial charge in [-0.15, -0.1) is 0 Å². The van der Waals surface area contributed by atoms with E-state index >= 15 is 0 Å². The first-order valence-electron chi connectivity index (χ1n) is 8.87. The first-order valence-corrected chi connectivity index (χ1v) is 8.87. The Bertz CT molecular complexity index is 856. The molecule has 0 aromatic heterocycles. The first kappa shape index (κ1) is 16.6. The molecule has 1 fully saturated rings. The van der Waals surface area contributed by atoms with Crippen LogP contribution in [0.2, 0.25) is 0 Å². The van der Waals surface area contributed by atoms with Crippen LogP contribution in [0.4, 0.5) is 5.69 Å². The molecule has 1 saturated heterocycles. The van der Waals surface area contributed by atoms with Crippen molar-refractivity contribution in [2.24, 2.45) is 10.7 Å². The van der Waals surface area contributed by atoms with Crippen LogP contribution in [0.5, 0.6) is 11.5 Å². The number of amidine groups is 1. The average Bonchev–Trinajstić information content (AvgIpc) is 2.84. The number of fused-ring (bicyclic) bond motifs is 2. The highest BCUT2D eigenvalue weighted by Crippen LogP contribution is 2.37. The number of carbonyl (C=O) groups is 1. The number of carbonyl (C=O) groups excluding carboxylic acids is 1. The van der Waals surface area contributed by atoms with E-state index < -0.39 is 0 Å². The monoisotopic (exact) mass is 350 g/mol. The van der Waals surface area contributed by atoms with Crippen molar-refractivity contribution in [3.05, 3.63) is 54.1 Å². The molecular formula is C20H22N4O2. The Morgan fingerprint density at radius 3 is 2.42 bits per heavy atom. The zero-order valence-corrected chi connectivity index (χ0v) is 14.8. The second kappa shape index (κ2) is 6.80. The van der Waals surface area contributed by atoms with Gasteiger partial charge in [-0.25, -0.2) is 4.99 Å². The highest BCUT2D eigenvalue weighted by Gasteiger charge is 2.28. The summed E-state index contributed by atoms with van der Waals surface area (Å²) in [6.45, 7) is 4.97. The van der Waals surface area contributed by atoms with Gasteiger partial charge in [0.1, 0.15) is 17.3 Å². The van der Waals surface area contributed by atoms with Gasteiger partial charge in [-0.05, 0) is 31.2 Å². The standard InChI is InChI=1S/C20H22N4O2/c1-14(19(21)25)23-10-12-24(13-11-23)20-15-6-2-4-8-17(15)26-18-9-5-3-7-16(18)22-20/h2-9,14H,10-13H2,1H3,(H2,21,25). The number of piperazine rings is 1. The Hall–Kier alpha value is -2.86. The fourth-order valence-corrected chi connectivity index (χ4v) is 3.41. The minimum atomic E-state index is -0.280. The number of hydrogen-bond donors (Lipinski definition) is 1. The van der Waals surface area contributed by atoms with Gasteiger partial charge < -0.3 is 15.4 Å². The minimum Gasteiger partial charge on any atom is -0.454 e. The van der Waals surface area contributed by atoms with Crippen LogP contribution in [0.3, 0.4) is 0 Å². The lowest BCUT2D eigenvalue weighted by Gasteiger charge is -2.38. The van der Waals surface area contributed by atoms with E-state index in [0.717, 1.165) is 54.8 Å². The fraction of sp³-hybridized carbons (Fsp3) is 0.300. The Morgan fingerprint density at radius 2 is 1.69 bits per heavy atom. The van der Waals surface area contributed by atoms with E-state index in [1.54, 1.807) is 0 Å². The van der Waals surface area contributed by atoms with Crippen molar-refractivity contribution < 1.29 is 9.53 Å². The molecule has 26 heavy (non-hydrogen) atoms. The molecular weight excluding hydrogens is 328 g/mol. The summed E-state index contributed by atoms with van der Waals surface area (Å²) in [5, 5.41) is 0. The van der Waals surface area contributed by atoms with E-state index in [1.807, 2.05) is 55.5 Å². The smallest absolute Gasteiger partial charge is 0.234 e. The number of nitrogens with zero attached hydrogens (tertiary/aromatic N) is 3. The quantitative estimate of drug-likeness (QED) is 0.903. The van der Waals surface area contributed by atoms with E-state index in [9.17, 15) is 4.79 Å². The third kappa shape index (κ3) is 3.04. The van der Waals surface area contributed by atoms with Crippen molar-refractivity contribution in [3.63, 3.8) is 0 Å². The van der Waals surface area contributed by atoms with Gasteiger partial charge in [-0.3, -0.25) is 9.69 Å². The molecule has 2 aliphatic rings. The van der Waals surface area contributed by atoms with Gasteiger partial charge in [0.15, 0.2) is 5.75 Å². The van der Waals surface area contributed by atoms with Crippen molar-refractivity contribution in [3.8, 4) is 11.5 Å². The molecule has 1 unspecified atom stereocenters. The Morgan fingerprint density at radius 1 is 1.04 bits per heavy atom. The molecule has 6 nitrogen and oxygen atoms in total. The largest absolute Gasteiger partial charge is 0.454 e. The number of rotatable bonds is 2. The van der Waals surface area contributed by atoms with Crippen LogP contribution in [0, 0.1) is 0 Å². The van der Waals surface area contributed by atoms with Crippen molar-refractivity contribution in [1.82, 2.24) is 9.80 Å². The zero-order valence-electron chi connectivity index (χ0n) is 14.8. The molecule has 0 radical (unpaired) electrons. The summed E-state index contributed by atoms with van der Waals surface area (Å²) in [6.07, 6.45) is 0. The molecule has 0 aliphatic carbocycles. The number of benzene rings is 2. The molecule has 2 aromatic rings. The van der Waals surface area contributed by atoms with E-state index in [1.165, 1.54) is 0 Å². The Balaban J connectivity index is 1.65. The van der Waals surface area contributed by atoms with Crippen LogP contribution >= 0.6 is 0 Å². The minimum absolute atomic E-state index is 0.246. The Kier molecular flexibility index (Phi) is 4.34. The molecule has 2 aliphatic heterocycles. The maximum absolute atomic E-state index is 11.5. The third-order valence-electron chi connectivity index (χ3n) is 5.01. The summed E-state index contributed by atoms with van der Waals surface area (Å²) in [5.74, 6) is 2.20. The van der Waals surface area contributed by atoms with Gasteiger partial charge in [-0.2, -0.15) is 0 Å². The number of hydrogen-bond acceptors (Lipinski definition) is 5. The van der Waals surface area contributed by atoms with Crippen LogP contribution in [0.1, 0.15) is 12.5 Å². The van der Waals surface area contributed by atoms with Gasteiger partial charge in [0.25, 0.3) is 0 Å². The summed E-state index contributed by atoms with van der Waals surface area (Å²) in [4.78, 5) is 20.7. The highest BCUT2D eigenvalue weighted by atomic mass is 16.5. The second-order valence-electron chi connectivity index (χ2n) is 6.60. The van der Waals surface area contributed by atoms with Crippen LogP contribution in [-0.4, -0.2) is 53.8 Å². The lowest BCUT2D eigenvalue weighted by molar-refractivity contribution is -0.123. The maximum atomic E-state index is 11.5. The average molecular weight is 350 g/mol. The van der Waals surface area contributed by atoms with E-state index in [0.29, 0.717) is 0 Å². The summed E-state index contributed by atoms with van der Waals surface area (Å²) in [7, 11) is 0. The molecule has 1 amide bonds. The predicted molar refractivity (Wildman–Crippen MR) is 101 cm³/mol. The summed E-state index contributed by atoms with van der Waals surface area (Å²) < 4.78 is 6.10. The van der Waals surface area contributed by atoms with Crippen LogP contribution < -0.4 is 10.5 Å². The number of para-hydroxylation sites is 3. The summed E-state index contributed by atoms with van der Waals surface area (Å²) >= 11 is 0. The predicted octanol–water partition coefficient (Wildman–Crippen LogP) is 2.36. The molecule has 4 rings (SSSR count). The Labute approximate surface area is 152 Å². The molecule has 0 spiro atoms. The topological polar surface area (TPSA) is 71.2 Å². The summed E-state index contributed by atoms with van der Waals surface area (Å²) in [5.41, 5.74) is 7.26. The van der Waals surface area contributed by atoms with Crippen molar-refractivity contribution in [1.29, 1.82) is 0 Å². The van der Waals surface area contributed by atoms with Crippen LogP contribution in [-0.2, 0) is 4.79 Å².